The van der Waals surface area contributed by atoms with Crippen LogP contribution in [-0.4, -0.2) is 0 Å². The van der Waals surface area contributed by atoms with Crippen LogP contribution in [0.5, 0.6) is 0 Å². The van der Waals surface area contributed by atoms with Gasteiger partial charge in [0.2, 0.25) is 0 Å². The summed E-state index contributed by atoms with van der Waals surface area (Å²) in [4.78, 5) is 0. The maximum Gasteiger partial charge on any atom is 0.194 e. The van der Waals surface area contributed by atoms with E-state index >= 15 is 0 Å². The van der Waals surface area contributed by atoms with Crippen LogP contribution in [0.1, 0.15) is 76.2 Å². The van der Waals surface area contributed by atoms with Crippen molar-refractivity contribution in [3.05, 3.63) is 47.3 Å². The third-order valence-electron chi connectivity index (χ3n) is 6.51. The summed E-state index contributed by atoms with van der Waals surface area (Å²) in [6.45, 7) is 2.09. The van der Waals surface area contributed by atoms with Gasteiger partial charge in [0.25, 0.3) is 0 Å². The van der Waals surface area contributed by atoms with Gasteiger partial charge in [-0.15, -0.1) is 0 Å². The summed E-state index contributed by atoms with van der Waals surface area (Å²) in [6.07, 6.45) is 15.2. The minimum Gasteiger partial charge on any atom is -0.204 e. The summed E-state index contributed by atoms with van der Waals surface area (Å²) in [6, 6.07) is 2.38. The van der Waals surface area contributed by atoms with Crippen molar-refractivity contribution >= 4 is 0 Å². The highest BCUT2D eigenvalue weighted by Crippen LogP contribution is 2.44. The molecule has 138 valence electrons. The Morgan fingerprint density at radius 1 is 0.840 bits per heavy atom. The van der Waals surface area contributed by atoms with Crippen molar-refractivity contribution in [2.45, 2.75) is 70.6 Å². The van der Waals surface area contributed by atoms with Crippen LogP contribution in [0.4, 0.5) is 13.2 Å². The second kappa shape index (κ2) is 8.42. The molecule has 0 radical (unpaired) electrons. The van der Waals surface area contributed by atoms with Crippen molar-refractivity contribution in [1.29, 1.82) is 0 Å². The molecule has 2 fully saturated rings. The van der Waals surface area contributed by atoms with Crippen molar-refractivity contribution in [3.63, 3.8) is 0 Å². The van der Waals surface area contributed by atoms with Gasteiger partial charge in [0, 0.05) is 0 Å². The zero-order valence-electron chi connectivity index (χ0n) is 15.1. The first-order chi connectivity index (χ1) is 12.1. The lowest BCUT2D eigenvalue weighted by atomic mass is 9.68. The molecule has 3 heteroatoms. The fourth-order valence-corrected chi connectivity index (χ4v) is 4.96. The molecule has 0 N–H and O–H groups in total. The van der Waals surface area contributed by atoms with E-state index in [1.807, 2.05) is 0 Å². The van der Waals surface area contributed by atoms with E-state index in [0.29, 0.717) is 5.56 Å². The van der Waals surface area contributed by atoms with Gasteiger partial charge in [-0.25, -0.2) is 13.2 Å². The number of benzene rings is 1. The molecule has 0 amide bonds. The minimum atomic E-state index is -1.35. The van der Waals surface area contributed by atoms with Gasteiger partial charge in [0.15, 0.2) is 17.5 Å². The largest absolute Gasteiger partial charge is 0.204 e. The van der Waals surface area contributed by atoms with Crippen molar-refractivity contribution in [1.82, 2.24) is 0 Å². The van der Waals surface area contributed by atoms with Crippen molar-refractivity contribution in [2.24, 2.45) is 17.8 Å². The van der Waals surface area contributed by atoms with E-state index in [4.69, 9.17) is 0 Å². The van der Waals surface area contributed by atoms with Crippen LogP contribution >= 0.6 is 0 Å². The fraction of sp³-hybridized carbons (Fsp3) is 0.636. The lowest BCUT2D eigenvalue weighted by molar-refractivity contribution is 0.160. The van der Waals surface area contributed by atoms with E-state index in [0.717, 1.165) is 43.4 Å². The molecule has 0 unspecified atom stereocenters. The average molecular weight is 350 g/mol. The zero-order valence-corrected chi connectivity index (χ0v) is 15.1. The van der Waals surface area contributed by atoms with Crippen LogP contribution in [0.3, 0.4) is 0 Å². The molecule has 2 aliphatic carbocycles. The predicted octanol–water partition coefficient (Wildman–Crippen LogP) is 7.15. The second-order valence-electron chi connectivity index (χ2n) is 8.00. The molecule has 0 atom stereocenters. The lowest BCUT2D eigenvalue weighted by Crippen LogP contribution is -2.25. The fourth-order valence-electron chi connectivity index (χ4n) is 4.96. The Kier molecular flexibility index (Phi) is 6.24. The summed E-state index contributed by atoms with van der Waals surface area (Å²) in [7, 11) is 0. The smallest absolute Gasteiger partial charge is 0.194 e. The van der Waals surface area contributed by atoms with Gasteiger partial charge in [0.05, 0.1) is 0 Å². The van der Waals surface area contributed by atoms with Gasteiger partial charge >= 0.3 is 0 Å². The molecule has 1 aromatic carbocycles. The predicted molar refractivity (Wildman–Crippen MR) is 95.9 cm³/mol. The molecule has 0 saturated heterocycles. The maximum absolute atomic E-state index is 13.5. The molecule has 0 aromatic heterocycles. The first-order valence-corrected chi connectivity index (χ1v) is 9.84. The Hall–Kier alpha value is -1.25. The van der Waals surface area contributed by atoms with Gasteiger partial charge in [0.1, 0.15) is 0 Å². The summed E-state index contributed by atoms with van der Waals surface area (Å²) in [5.74, 6) is -0.861. The van der Waals surface area contributed by atoms with Crippen molar-refractivity contribution < 1.29 is 13.2 Å². The summed E-state index contributed by atoms with van der Waals surface area (Å²) in [5, 5.41) is 0. The molecule has 1 aromatic rings. The van der Waals surface area contributed by atoms with Crippen molar-refractivity contribution in [2.75, 3.05) is 0 Å². The molecule has 0 bridgehead atoms. The molecule has 0 nitrogen and oxygen atoms in total. The molecule has 2 aliphatic rings. The maximum atomic E-state index is 13.5. The van der Waals surface area contributed by atoms with Crippen LogP contribution in [0.25, 0.3) is 0 Å². The molecule has 2 saturated carbocycles. The van der Waals surface area contributed by atoms with Crippen LogP contribution < -0.4 is 0 Å². The normalized spacial score (nSPS) is 30.7. The van der Waals surface area contributed by atoms with Crippen LogP contribution in [0, 0.1) is 35.2 Å². The molecular formula is C22H29F3. The topological polar surface area (TPSA) is 0 Å². The Morgan fingerprint density at radius 2 is 1.36 bits per heavy atom. The van der Waals surface area contributed by atoms with Gasteiger partial charge in [-0.1, -0.05) is 12.2 Å². The van der Waals surface area contributed by atoms with E-state index in [1.54, 1.807) is 0 Å². The minimum absolute atomic E-state index is 0.173. The Morgan fingerprint density at radius 3 is 1.88 bits per heavy atom. The molecule has 0 heterocycles. The van der Waals surface area contributed by atoms with E-state index in [1.165, 1.54) is 44.2 Å². The third-order valence-corrected chi connectivity index (χ3v) is 6.51. The number of rotatable bonds is 4. The highest BCUT2D eigenvalue weighted by molar-refractivity contribution is 5.23. The Labute approximate surface area is 149 Å². The highest BCUT2D eigenvalue weighted by atomic mass is 19.2. The van der Waals surface area contributed by atoms with Crippen LogP contribution in [0.15, 0.2) is 24.3 Å². The number of hydrogen-bond donors (Lipinski definition) is 0. The average Bonchev–Trinajstić information content (AvgIpc) is 2.64. The quantitative estimate of drug-likeness (QED) is 0.399. The van der Waals surface area contributed by atoms with Gasteiger partial charge in [-0.3, -0.25) is 0 Å². The van der Waals surface area contributed by atoms with Crippen LogP contribution in [0.2, 0.25) is 0 Å². The van der Waals surface area contributed by atoms with Crippen LogP contribution in [-0.2, 0) is 0 Å². The molecular weight excluding hydrogens is 321 g/mol. The third kappa shape index (κ3) is 4.48. The Balaban J connectivity index is 1.51. The molecule has 0 spiro atoms. The first-order valence-electron chi connectivity index (χ1n) is 9.84. The van der Waals surface area contributed by atoms with E-state index in [9.17, 15) is 13.2 Å². The molecule has 25 heavy (non-hydrogen) atoms. The first kappa shape index (κ1) is 18.5. The summed E-state index contributed by atoms with van der Waals surface area (Å²) >= 11 is 0. The summed E-state index contributed by atoms with van der Waals surface area (Å²) < 4.78 is 40.1. The van der Waals surface area contributed by atoms with E-state index < -0.39 is 17.5 Å². The van der Waals surface area contributed by atoms with Crippen molar-refractivity contribution in [3.8, 4) is 0 Å². The summed E-state index contributed by atoms with van der Waals surface area (Å²) in [5.41, 5.74) is 0.630. The second-order valence-corrected chi connectivity index (χ2v) is 8.00. The number of hydrogen-bond acceptors (Lipinski definition) is 0. The number of allylic oxidation sites excluding steroid dienone is 2. The SMILES string of the molecule is C/C=C/CC1CCC(C2CCC(c3cc(F)c(F)c(F)c3)CC2)CC1. The molecule has 3 rings (SSSR count). The number of halogens is 3. The lowest BCUT2D eigenvalue weighted by Gasteiger charge is -2.38. The Bertz CT molecular complexity index is 568. The van der Waals surface area contributed by atoms with E-state index in [2.05, 4.69) is 19.1 Å². The van der Waals surface area contributed by atoms with Gasteiger partial charge < -0.3 is 0 Å². The highest BCUT2D eigenvalue weighted by Gasteiger charge is 2.31. The zero-order chi connectivity index (χ0) is 17.8. The molecule has 0 aliphatic heterocycles. The van der Waals surface area contributed by atoms with Gasteiger partial charge in [-0.05, 0) is 106 Å². The van der Waals surface area contributed by atoms with E-state index in [-0.39, 0.29) is 5.92 Å². The monoisotopic (exact) mass is 350 g/mol. The van der Waals surface area contributed by atoms with Gasteiger partial charge in [-0.2, -0.15) is 0 Å². The standard InChI is InChI=1S/C22H29F3/c1-2-3-4-15-5-7-16(8-6-15)17-9-11-18(12-10-17)19-13-20(23)22(25)21(24)14-19/h2-3,13-18H,4-12H2,1H3/b3-2+.